The second-order valence-corrected chi connectivity index (χ2v) is 11.5. The highest BCUT2D eigenvalue weighted by atomic mass is 79.9. The first kappa shape index (κ1) is 21.3. The molecule has 7 rings (SSSR count). The molecule has 3 aromatic heterocycles. The molecule has 4 bridgehead atoms. The molecule has 164 valence electrons. The highest BCUT2D eigenvalue weighted by Crippen LogP contribution is 2.58. The Hall–Kier alpha value is -1.23. The molecule has 32 heavy (non-hydrogen) atoms. The fourth-order valence-electron chi connectivity index (χ4n) is 5.87. The van der Waals surface area contributed by atoms with E-state index in [0.29, 0.717) is 0 Å². The van der Waals surface area contributed by atoms with Crippen LogP contribution in [-0.2, 0) is 0 Å². The zero-order valence-electron chi connectivity index (χ0n) is 17.4. The lowest BCUT2D eigenvalue weighted by Crippen LogP contribution is -2.74. The van der Waals surface area contributed by atoms with Crippen molar-refractivity contribution < 1.29 is 0 Å². The van der Waals surface area contributed by atoms with Crippen LogP contribution in [0.5, 0.6) is 0 Å². The summed E-state index contributed by atoms with van der Waals surface area (Å²) in [5.41, 5.74) is 3.26. The fourth-order valence-corrected chi connectivity index (χ4v) is 6.94. The molecule has 4 aliphatic rings. The highest BCUT2D eigenvalue weighted by molar-refractivity contribution is 9.11. The topological polar surface area (TPSA) is 48.4 Å². The maximum Gasteiger partial charge on any atom is 0.109 e. The van der Waals surface area contributed by atoms with Crippen LogP contribution in [0.4, 0.5) is 0 Å². The molecule has 3 aromatic rings. The highest BCUT2D eigenvalue weighted by Gasteiger charge is 2.61. The molecule has 0 aliphatic carbocycles. The molecule has 0 N–H and O–H groups in total. The van der Waals surface area contributed by atoms with Crippen molar-refractivity contribution in [3.05, 3.63) is 85.5 Å². The van der Waals surface area contributed by atoms with E-state index in [4.69, 9.17) is 15.0 Å². The van der Waals surface area contributed by atoms with Gasteiger partial charge in [0.2, 0.25) is 0 Å². The average molecular weight is 621 g/mol. The van der Waals surface area contributed by atoms with Gasteiger partial charge < -0.3 is 0 Å². The molecule has 6 nitrogen and oxygen atoms in total. The quantitative estimate of drug-likeness (QED) is 0.360. The van der Waals surface area contributed by atoms with Crippen LogP contribution in [0.15, 0.2) is 68.4 Å². The van der Waals surface area contributed by atoms with Gasteiger partial charge in [-0.1, -0.05) is 25.1 Å². The third kappa shape index (κ3) is 3.40. The minimum Gasteiger partial charge on any atom is -0.269 e. The summed E-state index contributed by atoms with van der Waals surface area (Å²) in [4.78, 5) is 22.3. The van der Waals surface area contributed by atoms with Crippen LogP contribution < -0.4 is 0 Å². The largest absolute Gasteiger partial charge is 0.269 e. The van der Waals surface area contributed by atoms with Crippen molar-refractivity contribution in [2.24, 2.45) is 5.41 Å². The summed E-state index contributed by atoms with van der Waals surface area (Å²) in [6, 6.07) is 18.8. The van der Waals surface area contributed by atoms with E-state index in [0.717, 1.165) is 50.6 Å². The van der Waals surface area contributed by atoms with E-state index < -0.39 is 0 Å². The number of hydrogen-bond acceptors (Lipinski definition) is 6. The first-order chi connectivity index (χ1) is 15.4. The van der Waals surface area contributed by atoms with Gasteiger partial charge in [-0.15, -0.1) is 0 Å². The standard InChI is InChI=1S/C23H21Br3N6/c1-23-11-30-13-32(20(23)14-5-2-8-17(24)27-14)22(16-7-4-10-19(26)29-16)31(12-23)21(30)15-6-3-9-18(25)28-15/h2-10,20-22H,11-13H2,1H3/t20?,21?,22?,23-/m1/s1. The first-order valence-corrected chi connectivity index (χ1v) is 12.9. The van der Waals surface area contributed by atoms with Gasteiger partial charge in [-0.3, -0.25) is 14.7 Å². The molecule has 7 heterocycles. The van der Waals surface area contributed by atoms with E-state index in [2.05, 4.69) is 106 Å². The molecule has 0 spiro atoms. The normalized spacial score (nSPS) is 35.2. The Balaban J connectivity index is 1.50. The van der Waals surface area contributed by atoms with Crippen LogP contribution in [0, 0.1) is 5.41 Å². The summed E-state index contributed by atoms with van der Waals surface area (Å²) in [5.74, 6) is 0. The Morgan fingerprint density at radius 1 is 0.719 bits per heavy atom. The van der Waals surface area contributed by atoms with Gasteiger partial charge in [0.1, 0.15) is 26.1 Å². The molecule has 4 aliphatic heterocycles. The van der Waals surface area contributed by atoms with Gasteiger partial charge in [0.15, 0.2) is 0 Å². The summed E-state index contributed by atoms with van der Waals surface area (Å²) >= 11 is 10.7. The molecule has 4 fully saturated rings. The van der Waals surface area contributed by atoms with Crippen molar-refractivity contribution >= 4 is 47.8 Å². The Morgan fingerprint density at radius 3 is 1.84 bits per heavy atom. The van der Waals surface area contributed by atoms with Gasteiger partial charge in [-0.05, 0) is 84.2 Å². The Bertz CT molecular complexity index is 1190. The van der Waals surface area contributed by atoms with E-state index in [9.17, 15) is 0 Å². The molecule has 6 unspecified atom stereocenters. The van der Waals surface area contributed by atoms with Crippen LogP contribution in [0.25, 0.3) is 0 Å². The van der Waals surface area contributed by atoms with E-state index in [1.165, 1.54) is 0 Å². The van der Waals surface area contributed by atoms with Crippen LogP contribution in [0.2, 0.25) is 0 Å². The van der Waals surface area contributed by atoms with E-state index >= 15 is 0 Å². The van der Waals surface area contributed by atoms with Gasteiger partial charge in [0.25, 0.3) is 0 Å². The second kappa shape index (κ2) is 7.92. The predicted molar refractivity (Wildman–Crippen MR) is 132 cm³/mol. The molecule has 0 amide bonds. The molecule has 0 radical (unpaired) electrons. The maximum absolute atomic E-state index is 4.89. The number of hydrogen-bond donors (Lipinski definition) is 0. The van der Waals surface area contributed by atoms with Crippen LogP contribution in [0.1, 0.15) is 42.4 Å². The van der Waals surface area contributed by atoms with Gasteiger partial charge in [0.05, 0.1) is 29.8 Å². The molecule has 9 heteroatoms. The first-order valence-electron chi connectivity index (χ1n) is 10.6. The van der Waals surface area contributed by atoms with E-state index in [1.807, 2.05) is 18.2 Å². The van der Waals surface area contributed by atoms with Crippen LogP contribution in [0.3, 0.4) is 0 Å². The summed E-state index contributed by atoms with van der Waals surface area (Å²) in [6.45, 7) is 5.16. The summed E-state index contributed by atoms with van der Waals surface area (Å²) in [6.07, 6.45) is 0.146. The van der Waals surface area contributed by atoms with Gasteiger partial charge >= 0.3 is 0 Å². The van der Waals surface area contributed by atoms with Gasteiger partial charge in [-0.25, -0.2) is 15.0 Å². The Morgan fingerprint density at radius 2 is 1.25 bits per heavy atom. The second-order valence-electron chi connectivity index (χ2n) is 9.03. The molecule has 0 saturated carbocycles. The molecular formula is C23H21Br3N6. The van der Waals surface area contributed by atoms with Crippen molar-refractivity contribution in [2.45, 2.75) is 25.3 Å². The molecule has 7 atom stereocenters. The van der Waals surface area contributed by atoms with Crippen molar-refractivity contribution in [2.75, 3.05) is 19.8 Å². The Kier molecular flexibility index (Phi) is 5.28. The van der Waals surface area contributed by atoms with Crippen LogP contribution in [-0.4, -0.2) is 49.4 Å². The molecule has 4 saturated heterocycles. The number of rotatable bonds is 3. The lowest BCUT2D eigenvalue weighted by Gasteiger charge is -2.69. The van der Waals surface area contributed by atoms with Crippen molar-refractivity contribution in [1.82, 2.24) is 29.7 Å². The van der Waals surface area contributed by atoms with Crippen LogP contribution >= 0.6 is 47.8 Å². The maximum atomic E-state index is 4.89. The summed E-state index contributed by atoms with van der Waals surface area (Å²) in [5, 5.41) is 0. The monoisotopic (exact) mass is 618 g/mol. The van der Waals surface area contributed by atoms with Crippen molar-refractivity contribution in [3.63, 3.8) is 0 Å². The van der Waals surface area contributed by atoms with Crippen molar-refractivity contribution in [1.29, 1.82) is 0 Å². The Labute approximate surface area is 212 Å². The number of nitrogens with zero attached hydrogens (tertiary/aromatic N) is 6. The zero-order valence-corrected chi connectivity index (χ0v) is 22.1. The third-order valence-electron chi connectivity index (χ3n) is 6.75. The number of pyridine rings is 3. The van der Waals surface area contributed by atoms with Gasteiger partial charge in [-0.2, -0.15) is 0 Å². The average Bonchev–Trinajstić information content (AvgIpc) is 2.73. The predicted octanol–water partition coefficient (Wildman–Crippen LogP) is 5.51. The minimum absolute atomic E-state index is 0.0358. The molecular weight excluding hydrogens is 600 g/mol. The minimum atomic E-state index is 0.0358. The smallest absolute Gasteiger partial charge is 0.109 e. The lowest BCUT2D eigenvalue weighted by molar-refractivity contribution is -0.277. The van der Waals surface area contributed by atoms with E-state index in [-0.39, 0.29) is 23.8 Å². The third-order valence-corrected chi connectivity index (χ3v) is 8.08. The number of aromatic nitrogens is 3. The van der Waals surface area contributed by atoms with Gasteiger partial charge in [0, 0.05) is 18.5 Å². The number of halogens is 3. The summed E-state index contributed by atoms with van der Waals surface area (Å²) < 4.78 is 2.60. The SMILES string of the molecule is C[C@@]12CN3CN(C(c4cccc(Br)n4)N(C1)C3c1cccc(Br)n1)C2c1cccc(Br)n1. The zero-order chi connectivity index (χ0) is 22.0. The molecule has 0 aromatic carbocycles. The van der Waals surface area contributed by atoms with E-state index in [1.54, 1.807) is 0 Å². The fraction of sp³-hybridized carbons (Fsp3) is 0.348. The van der Waals surface area contributed by atoms with Crippen molar-refractivity contribution in [3.8, 4) is 0 Å². The lowest BCUT2D eigenvalue weighted by atomic mass is 9.71. The summed E-state index contributed by atoms with van der Waals surface area (Å²) in [7, 11) is 0.